The summed E-state index contributed by atoms with van der Waals surface area (Å²) < 4.78 is 1.77. The molecule has 3 atom stereocenters. The highest BCUT2D eigenvalue weighted by Gasteiger charge is 2.50. The average Bonchev–Trinajstić information content (AvgIpc) is 3.43. The number of rotatable bonds is 2. The van der Waals surface area contributed by atoms with Gasteiger partial charge in [0.1, 0.15) is 6.33 Å². The molecule has 2 aliphatic heterocycles. The molecule has 0 saturated carbocycles. The molecule has 0 radical (unpaired) electrons. The number of aromatic nitrogens is 4. The van der Waals surface area contributed by atoms with E-state index in [4.69, 9.17) is 0 Å². The number of likely N-dealkylation sites (tertiary alicyclic amines) is 1. The van der Waals surface area contributed by atoms with Crippen LogP contribution in [0.3, 0.4) is 0 Å². The van der Waals surface area contributed by atoms with Crippen molar-refractivity contribution in [3.8, 4) is 0 Å². The van der Waals surface area contributed by atoms with Crippen LogP contribution in [0.2, 0.25) is 0 Å². The predicted octanol–water partition coefficient (Wildman–Crippen LogP) is 2.84. The molecule has 0 spiro atoms. The van der Waals surface area contributed by atoms with Crippen molar-refractivity contribution in [2.24, 2.45) is 11.8 Å². The first-order valence-electron chi connectivity index (χ1n) is 10.8. The number of benzene rings is 1. The molecule has 2 aromatic heterocycles. The van der Waals surface area contributed by atoms with E-state index in [-0.39, 0.29) is 12.1 Å². The average molecular weight is 420 g/mol. The van der Waals surface area contributed by atoms with E-state index < -0.39 is 0 Å². The summed E-state index contributed by atoms with van der Waals surface area (Å²) in [7, 11) is 3.67. The second-order valence-corrected chi connectivity index (χ2v) is 9.12. The van der Waals surface area contributed by atoms with Crippen LogP contribution in [0, 0.1) is 32.6 Å². The van der Waals surface area contributed by atoms with Crippen molar-refractivity contribution in [2.45, 2.75) is 26.8 Å². The zero-order valence-corrected chi connectivity index (χ0v) is 18.8. The minimum atomic E-state index is 0.0724. The van der Waals surface area contributed by atoms with Crippen LogP contribution in [-0.2, 0) is 0 Å². The summed E-state index contributed by atoms with van der Waals surface area (Å²) >= 11 is 0. The lowest BCUT2D eigenvalue weighted by atomic mass is 9.88. The van der Waals surface area contributed by atoms with E-state index in [0.717, 1.165) is 42.2 Å². The molecule has 5 rings (SSSR count). The monoisotopic (exact) mass is 419 g/mol. The zero-order chi connectivity index (χ0) is 21.9. The van der Waals surface area contributed by atoms with Crippen LogP contribution >= 0.6 is 0 Å². The molecule has 2 fully saturated rings. The molecule has 0 unspecified atom stereocenters. The van der Waals surface area contributed by atoms with Crippen LogP contribution in [-0.4, -0.2) is 69.4 Å². The second-order valence-electron chi connectivity index (χ2n) is 9.12. The van der Waals surface area contributed by atoms with Crippen molar-refractivity contribution >= 4 is 17.4 Å². The second kappa shape index (κ2) is 7.21. The quantitative estimate of drug-likeness (QED) is 0.639. The van der Waals surface area contributed by atoms with Crippen molar-refractivity contribution in [1.82, 2.24) is 29.6 Å². The summed E-state index contributed by atoms with van der Waals surface area (Å²) in [6, 6.07) is 8.63. The number of amides is 2. The lowest BCUT2D eigenvalue weighted by molar-refractivity contribution is 0.159. The Labute approximate surface area is 182 Å². The van der Waals surface area contributed by atoms with Gasteiger partial charge in [-0.3, -0.25) is 0 Å². The zero-order valence-electron chi connectivity index (χ0n) is 18.8. The Bertz CT molecular complexity index is 1150. The Morgan fingerprint density at radius 3 is 2.61 bits per heavy atom. The number of hydrogen-bond donors (Lipinski definition) is 0. The molecule has 0 N–H and O–H groups in total. The summed E-state index contributed by atoms with van der Waals surface area (Å²) in [6.45, 7) is 8.84. The third-order valence-corrected chi connectivity index (χ3v) is 7.01. The summed E-state index contributed by atoms with van der Waals surface area (Å²) in [6.07, 6.45) is 1.66. The molecule has 31 heavy (non-hydrogen) atoms. The molecule has 1 aromatic carbocycles. The van der Waals surface area contributed by atoms with Crippen LogP contribution in [0.1, 0.15) is 28.4 Å². The van der Waals surface area contributed by atoms with Gasteiger partial charge in [0.15, 0.2) is 0 Å². The van der Waals surface area contributed by atoms with Crippen LogP contribution in [0.5, 0.6) is 0 Å². The standard InChI is InChI=1S/C23H29N7O/c1-14-8-6-7-9-18(14)21-19-12-28(10-17(19)11-29(21)23(31)27(4)5)20-15(2)16(3)26-30-13-24-25-22(20)30/h6-9,13,17,19,21H,10-12H2,1-5H3/t17-,19-,21+/m1/s1. The van der Waals surface area contributed by atoms with Crippen molar-refractivity contribution in [1.29, 1.82) is 0 Å². The lowest BCUT2D eigenvalue weighted by Gasteiger charge is -2.33. The predicted molar refractivity (Wildman–Crippen MR) is 119 cm³/mol. The summed E-state index contributed by atoms with van der Waals surface area (Å²) in [4.78, 5) is 19.3. The Morgan fingerprint density at radius 1 is 1.10 bits per heavy atom. The van der Waals surface area contributed by atoms with E-state index >= 15 is 0 Å². The fourth-order valence-electron chi connectivity index (χ4n) is 5.41. The molecule has 8 nitrogen and oxygen atoms in total. The number of hydrogen-bond acceptors (Lipinski definition) is 5. The van der Waals surface area contributed by atoms with Gasteiger partial charge >= 0.3 is 6.03 Å². The molecule has 162 valence electrons. The van der Waals surface area contributed by atoms with E-state index in [2.05, 4.69) is 63.2 Å². The van der Waals surface area contributed by atoms with Gasteiger partial charge in [-0.05, 0) is 37.5 Å². The smallest absolute Gasteiger partial charge is 0.320 e. The van der Waals surface area contributed by atoms with Gasteiger partial charge in [-0.2, -0.15) is 9.61 Å². The van der Waals surface area contributed by atoms with E-state index in [9.17, 15) is 4.79 Å². The van der Waals surface area contributed by atoms with Gasteiger partial charge in [0.25, 0.3) is 0 Å². The fraction of sp³-hybridized carbons (Fsp3) is 0.478. The van der Waals surface area contributed by atoms with Crippen molar-refractivity contribution < 1.29 is 4.79 Å². The van der Waals surface area contributed by atoms with E-state index in [1.54, 1.807) is 15.7 Å². The van der Waals surface area contributed by atoms with Gasteiger partial charge < -0.3 is 14.7 Å². The van der Waals surface area contributed by atoms with Gasteiger partial charge in [0, 0.05) is 45.6 Å². The van der Waals surface area contributed by atoms with Crippen LogP contribution < -0.4 is 4.90 Å². The SMILES string of the molecule is Cc1ccccc1[C@H]1[C@@H]2CN(c3c(C)c(C)nn4cnnc34)C[C@@H]2CN1C(=O)N(C)C. The molecule has 2 aliphatic rings. The summed E-state index contributed by atoms with van der Waals surface area (Å²) in [5.74, 6) is 0.769. The minimum Gasteiger partial charge on any atom is -0.367 e. The number of anilines is 1. The number of aryl methyl sites for hydroxylation is 2. The van der Waals surface area contributed by atoms with E-state index in [0.29, 0.717) is 11.8 Å². The molecule has 0 aliphatic carbocycles. The lowest BCUT2D eigenvalue weighted by Crippen LogP contribution is -2.41. The van der Waals surface area contributed by atoms with E-state index in [1.165, 1.54) is 11.1 Å². The maximum atomic E-state index is 13.1. The molecule has 8 heteroatoms. The van der Waals surface area contributed by atoms with Crippen LogP contribution in [0.25, 0.3) is 5.65 Å². The van der Waals surface area contributed by atoms with Gasteiger partial charge in [0.2, 0.25) is 5.65 Å². The van der Waals surface area contributed by atoms with Gasteiger partial charge in [0.05, 0.1) is 17.4 Å². The first-order chi connectivity index (χ1) is 14.9. The third kappa shape index (κ3) is 3.04. The van der Waals surface area contributed by atoms with Crippen LogP contribution in [0.4, 0.5) is 10.5 Å². The summed E-state index contributed by atoms with van der Waals surface area (Å²) in [5, 5.41) is 13.0. The molecular formula is C23H29N7O. The highest BCUT2D eigenvalue weighted by Crippen LogP contribution is 2.47. The van der Waals surface area contributed by atoms with Gasteiger partial charge in [-0.15, -0.1) is 10.2 Å². The molecule has 2 saturated heterocycles. The number of fused-ring (bicyclic) bond motifs is 2. The number of carbonyl (C=O) groups is 1. The Morgan fingerprint density at radius 2 is 1.87 bits per heavy atom. The Balaban J connectivity index is 1.55. The molecule has 2 amide bonds. The fourth-order valence-corrected chi connectivity index (χ4v) is 5.41. The van der Waals surface area contributed by atoms with Crippen LogP contribution in [0.15, 0.2) is 30.6 Å². The largest absolute Gasteiger partial charge is 0.367 e. The first kappa shape index (κ1) is 19.8. The molecular weight excluding hydrogens is 390 g/mol. The highest BCUT2D eigenvalue weighted by atomic mass is 16.2. The number of carbonyl (C=O) groups excluding carboxylic acids is 1. The third-order valence-electron chi connectivity index (χ3n) is 7.01. The summed E-state index contributed by atoms with van der Waals surface area (Å²) in [5.41, 5.74) is 6.54. The van der Waals surface area contributed by atoms with Crippen molar-refractivity contribution in [2.75, 3.05) is 38.6 Å². The first-order valence-corrected chi connectivity index (χ1v) is 10.8. The topological polar surface area (TPSA) is 69.9 Å². The number of nitrogens with zero attached hydrogens (tertiary/aromatic N) is 7. The van der Waals surface area contributed by atoms with Crippen molar-refractivity contribution in [3.05, 3.63) is 53.0 Å². The highest BCUT2D eigenvalue weighted by molar-refractivity contribution is 5.76. The normalized spacial score (nSPS) is 22.9. The Hall–Kier alpha value is -3.16. The minimum absolute atomic E-state index is 0.0724. The van der Waals surface area contributed by atoms with E-state index in [1.807, 2.05) is 21.0 Å². The maximum absolute atomic E-state index is 13.1. The van der Waals surface area contributed by atoms with Gasteiger partial charge in [-0.25, -0.2) is 4.79 Å². The molecule has 3 aromatic rings. The van der Waals surface area contributed by atoms with Crippen molar-refractivity contribution in [3.63, 3.8) is 0 Å². The molecule has 0 bridgehead atoms. The maximum Gasteiger partial charge on any atom is 0.320 e. The molecule has 4 heterocycles. The van der Waals surface area contributed by atoms with Gasteiger partial charge in [-0.1, -0.05) is 24.3 Å². The Kier molecular flexibility index (Phi) is 4.60. The number of urea groups is 1.